The predicted octanol–water partition coefficient (Wildman–Crippen LogP) is 3.20. The molecule has 1 unspecified atom stereocenters. The van der Waals surface area contributed by atoms with Gasteiger partial charge in [-0.2, -0.15) is 0 Å². The largest absolute Gasteiger partial charge is 0.361 e. The Morgan fingerprint density at radius 2 is 1.89 bits per heavy atom. The van der Waals surface area contributed by atoms with Crippen LogP contribution in [0.3, 0.4) is 0 Å². The maximum absolute atomic E-state index is 13.6. The van der Waals surface area contributed by atoms with Gasteiger partial charge in [0.1, 0.15) is 11.8 Å². The van der Waals surface area contributed by atoms with Gasteiger partial charge >= 0.3 is 0 Å². The third kappa shape index (κ3) is 5.90. The van der Waals surface area contributed by atoms with E-state index in [4.69, 9.17) is 10.3 Å². The molecule has 3 heterocycles. The molecule has 1 aliphatic heterocycles. The monoisotopic (exact) mass is 527 g/mol. The van der Waals surface area contributed by atoms with Crippen LogP contribution < -0.4 is 11.1 Å². The number of piperidine rings is 1. The molecule has 9 nitrogen and oxygen atoms in total. The molecule has 2 atom stereocenters. The number of aryl methyl sites for hydroxylation is 1. The van der Waals surface area contributed by atoms with E-state index < -0.39 is 6.04 Å². The van der Waals surface area contributed by atoms with Crippen molar-refractivity contribution < 1.29 is 18.9 Å². The minimum absolute atomic E-state index is 0.117. The number of carbonyl (C=O) groups excluding carboxylic acids is 3. The molecule has 10 heteroatoms. The summed E-state index contributed by atoms with van der Waals surface area (Å²) >= 11 is 1.39. The molecule has 37 heavy (non-hydrogen) atoms. The number of aromatic nitrogens is 1. The number of thiophene rings is 1. The van der Waals surface area contributed by atoms with Crippen molar-refractivity contribution in [2.75, 3.05) is 19.6 Å². The fraction of sp³-hybridized carbons (Fsp3) is 0.630. The Kier molecular flexibility index (Phi) is 7.95. The topological polar surface area (TPSA) is 122 Å². The number of nitrogens with one attached hydrogen (secondary N) is 1. The normalized spacial score (nSPS) is 26.1. The molecule has 1 saturated heterocycles. The number of hydrogen-bond donors (Lipinski definition) is 2. The SMILES string of the molecule is Cc1cc(C(=O)N(C2CC2)C2CCN(C(=O)c3cccs3)[C@@H](C(=O)NCC3CCC(CN)CC3)C2)no1. The molecule has 3 N–H and O–H groups in total. The van der Waals surface area contributed by atoms with Gasteiger partial charge in [-0.3, -0.25) is 14.4 Å². The summed E-state index contributed by atoms with van der Waals surface area (Å²) < 4.78 is 5.16. The first-order valence-corrected chi connectivity index (χ1v) is 14.4. The van der Waals surface area contributed by atoms with Crippen LogP contribution in [0.5, 0.6) is 0 Å². The second kappa shape index (κ2) is 11.3. The summed E-state index contributed by atoms with van der Waals surface area (Å²) in [5.74, 6) is 1.22. The fourth-order valence-corrected chi connectivity index (χ4v) is 6.53. The number of nitrogens with two attached hydrogens (primary N) is 1. The number of hydrogen-bond acceptors (Lipinski definition) is 7. The van der Waals surface area contributed by atoms with Gasteiger partial charge in [0.2, 0.25) is 5.91 Å². The first kappa shape index (κ1) is 25.9. The lowest BCUT2D eigenvalue weighted by atomic mass is 9.82. The average molecular weight is 528 g/mol. The second-order valence-electron chi connectivity index (χ2n) is 10.8. The molecular formula is C27H37N5O4S. The summed E-state index contributed by atoms with van der Waals surface area (Å²) in [5, 5.41) is 8.99. The lowest BCUT2D eigenvalue weighted by Crippen LogP contribution is -2.58. The zero-order valence-electron chi connectivity index (χ0n) is 21.4. The standard InChI is InChI=1S/C27H37N5O4S/c1-17-13-22(30-36-17)26(34)32(20-8-9-20)21-10-11-31(27(35)24-3-2-12-37-24)23(14-21)25(33)29-16-19-6-4-18(15-28)5-7-19/h2-3,12-13,18-21,23H,4-11,14-16,28H2,1H3,(H,29,33)/t18?,19?,21?,23-/m1/s1. The van der Waals surface area contributed by atoms with E-state index in [2.05, 4.69) is 10.5 Å². The van der Waals surface area contributed by atoms with E-state index >= 15 is 0 Å². The van der Waals surface area contributed by atoms with Crippen LogP contribution >= 0.6 is 11.3 Å². The van der Waals surface area contributed by atoms with Crippen molar-refractivity contribution in [2.45, 2.75) is 76.4 Å². The van der Waals surface area contributed by atoms with E-state index in [9.17, 15) is 14.4 Å². The van der Waals surface area contributed by atoms with Gasteiger partial charge in [0.05, 0.1) is 4.88 Å². The van der Waals surface area contributed by atoms with Gasteiger partial charge in [-0.1, -0.05) is 11.2 Å². The maximum Gasteiger partial charge on any atom is 0.276 e. The van der Waals surface area contributed by atoms with Gasteiger partial charge in [0.15, 0.2) is 5.69 Å². The highest BCUT2D eigenvalue weighted by Gasteiger charge is 2.45. The summed E-state index contributed by atoms with van der Waals surface area (Å²) in [5.41, 5.74) is 6.13. The lowest BCUT2D eigenvalue weighted by Gasteiger charge is -2.43. The Bertz CT molecular complexity index is 1090. The highest BCUT2D eigenvalue weighted by molar-refractivity contribution is 7.12. The van der Waals surface area contributed by atoms with Crippen molar-refractivity contribution in [3.05, 3.63) is 39.9 Å². The summed E-state index contributed by atoms with van der Waals surface area (Å²) in [6.45, 7) is 3.53. The molecule has 0 bridgehead atoms. The first-order chi connectivity index (χ1) is 17.9. The summed E-state index contributed by atoms with van der Waals surface area (Å²) in [4.78, 5) is 44.6. The van der Waals surface area contributed by atoms with Crippen LogP contribution in [0.2, 0.25) is 0 Å². The Hall–Kier alpha value is -2.72. The molecule has 2 saturated carbocycles. The number of nitrogens with zero attached hydrogens (tertiary/aromatic N) is 3. The molecule has 3 aliphatic rings. The molecule has 2 aromatic rings. The van der Waals surface area contributed by atoms with Crippen LogP contribution in [-0.4, -0.2) is 70.4 Å². The van der Waals surface area contributed by atoms with Gasteiger partial charge in [-0.05, 0) is 88.1 Å². The molecule has 5 rings (SSSR count). The molecule has 0 radical (unpaired) electrons. The van der Waals surface area contributed by atoms with E-state index in [-0.39, 0.29) is 29.8 Å². The van der Waals surface area contributed by atoms with Crippen LogP contribution in [0.25, 0.3) is 0 Å². The number of likely N-dealkylation sites (tertiary alicyclic amines) is 1. The molecule has 3 fully saturated rings. The van der Waals surface area contributed by atoms with E-state index in [1.165, 1.54) is 11.3 Å². The third-order valence-electron chi connectivity index (χ3n) is 8.15. The molecule has 2 aliphatic carbocycles. The Balaban J connectivity index is 1.31. The maximum atomic E-state index is 13.6. The van der Waals surface area contributed by atoms with Crippen LogP contribution in [0.15, 0.2) is 28.1 Å². The first-order valence-electron chi connectivity index (χ1n) is 13.5. The second-order valence-corrected chi connectivity index (χ2v) is 11.8. The molecule has 0 aromatic carbocycles. The molecule has 0 spiro atoms. The van der Waals surface area contributed by atoms with E-state index in [0.717, 1.165) is 45.1 Å². The number of carbonyl (C=O) groups is 3. The van der Waals surface area contributed by atoms with Gasteiger partial charge in [-0.25, -0.2) is 0 Å². The molecule has 2 aromatic heterocycles. The minimum atomic E-state index is -0.623. The van der Waals surface area contributed by atoms with E-state index in [1.807, 2.05) is 16.3 Å². The van der Waals surface area contributed by atoms with Gasteiger partial charge in [0.25, 0.3) is 11.8 Å². The Morgan fingerprint density at radius 1 is 1.14 bits per heavy atom. The van der Waals surface area contributed by atoms with Crippen molar-refractivity contribution in [1.82, 2.24) is 20.3 Å². The van der Waals surface area contributed by atoms with Gasteiger partial charge < -0.3 is 25.4 Å². The molecular weight excluding hydrogens is 490 g/mol. The van der Waals surface area contributed by atoms with Crippen molar-refractivity contribution in [3.63, 3.8) is 0 Å². The van der Waals surface area contributed by atoms with Crippen LogP contribution in [0, 0.1) is 18.8 Å². The van der Waals surface area contributed by atoms with Gasteiger partial charge in [0, 0.05) is 31.2 Å². The smallest absolute Gasteiger partial charge is 0.276 e. The molecule has 200 valence electrons. The van der Waals surface area contributed by atoms with Crippen LogP contribution in [0.4, 0.5) is 0 Å². The average Bonchev–Trinajstić information content (AvgIpc) is 3.40. The Morgan fingerprint density at radius 3 is 2.51 bits per heavy atom. The fourth-order valence-electron chi connectivity index (χ4n) is 5.85. The zero-order valence-corrected chi connectivity index (χ0v) is 22.3. The van der Waals surface area contributed by atoms with Crippen LogP contribution in [-0.2, 0) is 4.79 Å². The van der Waals surface area contributed by atoms with Crippen molar-refractivity contribution in [1.29, 1.82) is 0 Å². The summed E-state index contributed by atoms with van der Waals surface area (Å²) in [6.07, 6.45) is 7.27. The van der Waals surface area contributed by atoms with E-state index in [0.29, 0.717) is 54.1 Å². The minimum Gasteiger partial charge on any atom is -0.361 e. The van der Waals surface area contributed by atoms with Crippen molar-refractivity contribution in [2.24, 2.45) is 17.6 Å². The quantitative estimate of drug-likeness (QED) is 0.544. The van der Waals surface area contributed by atoms with Crippen LogP contribution in [0.1, 0.15) is 77.3 Å². The van der Waals surface area contributed by atoms with Gasteiger partial charge in [-0.15, -0.1) is 11.3 Å². The molecule has 3 amide bonds. The highest BCUT2D eigenvalue weighted by atomic mass is 32.1. The summed E-state index contributed by atoms with van der Waals surface area (Å²) in [6, 6.07) is 4.70. The predicted molar refractivity (Wildman–Crippen MR) is 140 cm³/mol. The zero-order chi connectivity index (χ0) is 25.9. The number of amides is 3. The Labute approximate surface area is 221 Å². The third-order valence-corrected chi connectivity index (χ3v) is 9.01. The highest BCUT2D eigenvalue weighted by Crippen LogP contribution is 2.35. The van der Waals surface area contributed by atoms with E-state index in [1.54, 1.807) is 24.0 Å². The summed E-state index contributed by atoms with van der Waals surface area (Å²) in [7, 11) is 0. The van der Waals surface area contributed by atoms with Crippen molar-refractivity contribution >= 4 is 29.1 Å². The number of rotatable bonds is 8. The lowest BCUT2D eigenvalue weighted by molar-refractivity contribution is -0.127. The van der Waals surface area contributed by atoms with Crippen molar-refractivity contribution in [3.8, 4) is 0 Å².